The molecule has 0 bridgehead atoms. The molecule has 4 nitrogen and oxygen atoms in total. The van der Waals surface area contributed by atoms with Gasteiger partial charge in [0.25, 0.3) is 0 Å². The lowest BCUT2D eigenvalue weighted by molar-refractivity contribution is -0.145. The Balaban J connectivity index is 1.75. The third kappa shape index (κ3) is 2.73. The van der Waals surface area contributed by atoms with Gasteiger partial charge in [-0.25, -0.2) is 0 Å². The lowest BCUT2D eigenvalue weighted by Gasteiger charge is -2.32. The van der Waals surface area contributed by atoms with Crippen molar-refractivity contribution in [3.63, 3.8) is 0 Å². The minimum absolute atomic E-state index is 0.0297. The van der Waals surface area contributed by atoms with Crippen LogP contribution < -0.4 is 5.32 Å². The largest absolute Gasteiger partial charge is 0.342 e. The van der Waals surface area contributed by atoms with E-state index < -0.39 is 0 Å². The summed E-state index contributed by atoms with van der Waals surface area (Å²) >= 11 is 5.93. The number of carbonyl (C=O) groups excluding carboxylic acids is 2. The summed E-state index contributed by atoms with van der Waals surface area (Å²) in [5.74, 6) is 0.291. The van der Waals surface area contributed by atoms with Crippen LogP contribution in [0.4, 0.5) is 0 Å². The van der Waals surface area contributed by atoms with Crippen molar-refractivity contribution in [1.29, 1.82) is 0 Å². The summed E-state index contributed by atoms with van der Waals surface area (Å²) < 4.78 is 0. The van der Waals surface area contributed by atoms with Gasteiger partial charge in [-0.2, -0.15) is 0 Å². The molecule has 1 aliphatic heterocycles. The van der Waals surface area contributed by atoms with E-state index in [-0.39, 0.29) is 24.4 Å². The van der Waals surface area contributed by atoms with Crippen LogP contribution in [-0.4, -0.2) is 29.3 Å². The molecular weight excluding hydrogens is 264 g/mol. The predicted octanol–water partition coefficient (Wildman–Crippen LogP) is 1.58. The fraction of sp³-hybridized carbons (Fsp3) is 0.429. The normalized spacial score (nSPS) is 23.4. The van der Waals surface area contributed by atoms with Crippen LogP contribution in [-0.2, 0) is 16.1 Å². The lowest BCUT2D eigenvalue weighted by atomic mass is 10.1. The summed E-state index contributed by atoms with van der Waals surface area (Å²) in [5, 5.41) is 3.44. The molecule has 1 saturated heterocycles. The van der Waals surface area contributed by atoms with Gasteiger partial charge in [0.05, 0.1) is 6.54 Å². The van der Waals surface area contributed by atoms with Crippen LogP contribution in [0.2, 0.25) is 5.02 Å². The van der Waals surface area contributed by atoms with E-state index >= 15 is 0 Å². The van der Waals surface area contributed by atoms with Crippen molar-refractivity contribution in [2.75, 3.05) is 6.54 Å². The van der Waals surface area contributed by atoms with Crippen molar-refractivity contribution in [3.8, 4) is 0 Å². The maximum absolute atomic E-state index is 12.3. The van der Waals surface area contributed by atoms with Crippen LogP contribution in [0.15, 0.2) is 24.3 Å². The molecule has 0 radical (unpaired) electrons. The lowest BCUT2D eigenvalue weighted by Crippen LogP contribution is -2.58. The van der Waals surface area contributed by atoms with Crippen LogP contribution in [0, 0.1) is 5.92 Å². The maximum Gasteiger partial charge on any atom is 0.246 e. The van der Waals surface area contributed by atoms with Gasteiger partial charge in [0, 0.05) is 11.6 Å². The molecule has 3 rings (SSSR count). The molecule has 100 valence electrons. The molecule has 1 aliphatic carbocycles. The molecule has 1 atom stereocenters. The Morgan fingerprint density at radius 3 is 2.79 bits per heavy atom. The number of hydrogen-bond acceptors (Lipinski definition) is 2. The number of carbonyl (C=O) groups is 2. The number of nitrogens with one attached hydrogen (secondary N) is 1. The fourth-order valence-corrected chi connectivity index (χ4v) is 2.68. The zero-order valence-corrected chi connectivity index (χ0v) is 11.2. The summed E-state index contributed by atoms with van der Waals surface area (Å²) in [7, 11) is 0. The average Bonchev–Trinajstić information content (AvgIpc) is 3.17. The summed E-state index contributed by atoms with van der Waals surface area (Å²) in [5.41, 5.74) is 0.949. The highest BCUT2D eigenvalue weighted by atomic mass is 35.5. The minimum atomic E-state index is -0.319. The molecule has 1 saturated carbocycles. The van der Waals surface area contributed by atoms with Crippen molar-refractivity contribution in [1.82, 2.24) is 10.2 Å². The van der Waals surface area contributed by atoms with Crippen LogP contribution in [0.5, 0.6) is 0 Å². The van der Waals surface area contributed by atoms with E-state index in [4.69, 9.17) is 11.6 Å². The molecule has 1 N–H and O–H groups in total. The first-order valence-corrected chi connectivity index (χ1v) is 6.84. The Morgan fingerprint density at radius 1 is 1.32 bits per heavy atom. The quantitative estimate of drug-likeness (QED) is 0.913. The van der Waals surface area contributed by atoms with E-state index in [0.29, 0.717) is 17.5 Å². The zero-order valence-electron chi connectivity index (χ0n) is 10.4. The Morgan fingerprint density at radius 2 is 2.11 bits per heavy atom. The monoisotopic (exact) mass is 278 g/mol. The van der Waals surface area contributed by atoms with Crippen molar-refractivity contribution < 1.29 is 9.59 Å². The topological polar surface area (TPSA) is 49.4 Å². The number of hydrogen-bond donors (Lipinski definition) is 1. The van der Waals surface area contributed by atoms with Crippen LogP contribution >= 0.6 is 11.6 Å². The summed E-state index contributed by atoms with van der Waals surface area (Å²) in [4.78, 5) is 25.6. The SMILES string of the molecule is O=C1CN(Cc2cccc(Cl)c2)C(=O)C(C2CC2)N1. The number of amides is 2. The van der Waals surface area contributed by atoms with Gasteiger partial charge < -0.3 is 10.2 Å². The molecule has 2 amide bonds. The number of benzene rings is 1. The highest BCUT2D eigenvalue weighted by Crippen LogP contribution is 2.34. The molecule has 2 fully saturated rings. The molecule has 1 aromatic carbocycles. The van der Waals surface area contributed by atoms with Crippen molar-refractivity contribution in [3.05, 3.63) is 34.9 Å². The number of halogens is 1. The van der Waals surface area contributed by atoms with Gasteiger partial charge in [-0.1, -0.05) is 23.7 Å². The number of nitrogens with zero attached hydrogens (tertiary/aromatic N) is 1. The molecule has 0 aromatic heterocycles. The smallest absolute Gasteiger partial charge is 0.246 e. The van der Waals surface area contributed by atoms with E-state index in [1.54, 1.807) is 11.0 Å². The Kier molecular flexibility index (Phi) is 3.19. The summed E-state index contributed by atoms with van der Waals surface area (Å²) in [6.07, 6.45) is 2.06. The number of piperazine rings is 1. The van der Waals surface area contributed by atoms with Gasteiger partial charge >= 0.3 is 0 Å². The Hall–Kier alpha value is -1.55. The molecular formula is C14H15ClN2O2. The van der Waals surface area contributed by atoms with Crippen LogP contribution in [0.25, 0.3) is 0 Å². The first-order chi connectivity index (χ1) is 9.13. The highest BCUT2D eigenvalue weighted by molar-refractivity contribution is 6.30. The van der Waals surface area contributed by atoms with Gasteiger partial charge in [0.2, 0.25) is 11.8 Å². The third-order valence-corrected chi connectivity index (χ3v) is 3.82. The molecule has 1 aromatic rings. The van der Waals surface area contributed by atoms with Crippen LogP contribution in [0.1, 0.15) is 18.4 Å². The van der Waals surface area contributed by atoms with Crippen LogP contribution in [0.3, 0.4) is 0 Å². The average molecular weight is 279 g/mol. The number of rotatable bonds is 3. The van der Waals surface area contributed by atoms with E-state index in [1.165, 1.54) is 0 Å². The molecule has 5 heteroatoms. The van der Waals surface area contributed by atoms with Crippen molar-refractivity contribution in [2.24, 2.45) is 5.92 Å². The van der Waals surface area contributed by atoms with Gasteiger partial charge in [-0.15, -0.1) is 0 Å². The second-order valence-electron chi connectivity index (χ2n) is 5.21. The van der Waals surface area contributed by atoms with Gasteiger partial charge in [0.15, 0.2) is 0 Å². The standard InChI is InChI=1S/C14H15ClN2O2/c15-11-3-1-2-9(6-11)7-17-8-12(18)16-13(14(17)19)10-4-5-10/h1-3,6,10,13H,4-5,7-8H2,(H,16,18). The second kappa shape index (κ2) is 4.85. The van der Waals surface area contributed by atoms with Crippen molar-refractivity contribution >= 4 is 23.4 Å². The first kappa shape index (κ1) is 12.5. The van der Waals surface area contributed by atoms with E-state index in [2.05, 4.69) is 5.32 Å². The summed E-state index contributed by atoms with van der Waals surface area (Å²) in [6.45, 7) is 0.574. The van der Waals surface area contributed by atoms with E-state index in [0.717, 1.165) is 18.4 Å². The van der Waals surface area contributed by atoms with Gasteiger partial charge in [0.1, 0.15) is 6.04 Å². The van der Waals surface area contributed by atoms with E-state index in [1.807, 2.05) is 18.2 Å². The molecule has 2 aliphatic rings. The molecule has 1 heterocycles. The fourth-order valence-electron chi connectivity index (χ4n) is 2.47. The van der Waals surface area contributed by atoms with E-state index in [9.17, 15) is 9.59 Å². The molecule has 19 heavy (non-hydrogen) atoms. The predicted molar refractivity (Wildman–Crippen MR) is 71.5 cm³/mol. The molecule has 0 spiro atoms. The second-order valence-corrected chi connectivity index (χ2v) is 5.64. The van der Waals surface area contributed by atoms with Gasteiger partial charge in [-0.05, 0) is 36.5 Å². The maximum atomic E-state index is 12.3. The Labute approximate surface area is 116 Å². The first-order valence-electron chi connectivity index (χ1n) is 6.46. The highest BCUT2D eigenvalue weighted by Gasteiger charge is 2.42. The third-order valence-electron chi connectivity index (χ3n) is 3.58. The van der Waals surface area contributed by atoms with Crippen molar-refractivity contribution in [2.45, 2.75) is 25.4 Å². The zero-order chi connectivity index (χ0) is 13.4. The minimum Gasteiger partial charge on any atom is -0.342 e. The molecule has 1 unspecified atom stereocenters. The summed E-state index contributed by atoms with van der Waals surface area (Å²) in [6, 6.07) is 7.07. The van der Waals surface area contributed by atoms with Gasteiger partial charge in [-0.3, -0.25) is 9.59 Å². The Bertz CT molecular complexity index is 528.